The minimum absolute atomic E-state index is 0.904. The molecule has 0 saturated carbocycles. The highest BCUT2D eigenvalue weighted by atomic mass is 16.5. The van der Waals surface area contributed by atoms with E-state index in [4.69, 9.17) is 4.74 Å². The fourth-order valence-corrected chi connectivity index (χ4v) is 2.86. The Hall–Kier alpha value is -1.06. The van der Waals surface area contributed by atoms with E-state index in [2.05, 4.69) is 28.4 Å². The number of ether oxygens (including phenoxy) is 1. The van der Waals surface area contributed by atoms with Gasteiger partial charge in [-0.1, -0.05) is 18.2 Å². The Morgan fingerprint density at radius 2 is 2.00 bits per heavy atom. The number of piperidine rings is 1. The van der Waals surface area contributed by atoms with Gasteiger partial charge in [0.1, 0.15) is 5.75 Å². The van der Waals surface area contributed by atoms with Crippen LogP contribution in [-0.4, -0.2) is 38.7 Å². The molecule has 1 aliphatic rings. The van der Waals surface area contributed by atoms with Crippen molar-refractivity contribution in [2.24, 2.45) is 5.92 Å². The Balaban J connectivity index is 1.82. The molecule has 1 heterocycles. The van der Waals surface area contributed by atoms with Crippen molar-refractivity contribution < 1.29 is 4.74 Å². The SMILES string of the molecule is CNCCC1CCN(Cc2ccccc2OC)CC1. The Kier molecular flexibility index (Phi) is 5.67. The van der Waals surface area contributed by atoms with Crippen molar-refractivity contribution in [2.45, 2.75) is 25.8 Å². The van der Waals surface area contributed by atoms with E-state index < -0.39 is 0 Å². The molecule has 0 bridgehead atoms. The zero-order valence-electron chi connectivity index (χ0n) is 12.2. The summed E-state index contributed by atoms with van der Waals surface area (Å²) in [5, 5.41) is 3.25. The zero-order valence-corrected chi connectivity index (χ0v) is 12.2. The topological polar surface area (TPSA) is 24.5 Å². The van der Waals surface area contributed by atoms with Crippen LogP contribution in [-0.2, 0) is 6.54 Å². The lowest BCUT2D eigenvalue weighted by Crippen LogP contribution is -2.34. The first-order valence-electron chi connectivity index (χ1n) is 7.32. The Morgan fingerprint density at radius 1 is 1.26 bits per heavy atom. The maximum atomic E-state index is 5.43. The number of methoxy groups -OCH3 is 1. The van der Waals surface area contributed by atoms with Gasteiger partial charge in [0.15, 0.2) is 0 Å². The highest BCUT2D eigenvalue weighted by Gasteiger charge is 2.19. The van der Waals surface area contributed by atoms with Crippen molar-refractivity contribution in [3.05, 3.63) is 29.8 Å². The van der Waals surface area contributed by atoms with E-state index in [1.54, 1.807) is 7.11 Å². The smallest absolute Gasteiger partial charge is 0.123 e. The fraction of sp³-hybridized carbons (Fsp3) is 0.625. The molecule has 3 nitrogen and oxygen atoms in total. The normalized spacial score (nSPS) is 17.6. The number of likely N-dealkylation sites (tertiary alicyclic amines) is 1. The van der Waals surface area contributed by atoms with E-state index in [1.165, 1.54) is 37.9 Å². The molecule has 0 radical (unpaired) electrons. The summed E-state index contributed by atoms with van der Waals surface area (Å²) in [7, 11) is 3.79. The summed E-state index contributed by atoms with van der Waals surface area (Å²) in [6.45, 7) is 4.60. The third-order valence-electron chi connectivity index (χ3n) is 4.10. The molecule has 1 N–H and O–H groups in total. The average molecular weight is 262 g/mol. The molecular weight excluding hydrogens is 236 g/mol. The molecule has 2 rings (SSSR count). The molecule has 1 aromatic rings. The van der Waals surface area contributed by atoms with Gasteiger partial charge in [-0.15, -0.1) is 0 Å². The monoisotopic (exact) mass is 262 g/mol. The van der Waals surface area contributed by atoms with Crippen LogP contribution < -0.4 is 10.1 Å². The molecule has 1 saturated heterocycles. The van der Waals surface area contributed by atoms with Gasteiger partial charge in [0.05, 0.1) is 7.11 Å². The molecule has 1 fully saturated rings. The standard InChI is InChI=1S/C16H26N2O/c1-17-10-7-14-8-11-18(12-9-14)13-15-5-3-4-6-16(15)19-2/h3-6,14,17H,7-13H2,1-2H3. The first-order chi connectivity index (χ1) is 9.33. The van der Waals surface area contributed by atoms with Gasteiger partial charge < -0.3 is 10.1 Å². The number of nitrogens with zero attached hydrogens (tertiary/aromatic N) is 1. The molecule has 0 amide bonds. The minimum Gasteiger partial charge on any atom is -0.496 e. The van der Waals surface area contributed by atoms with E-state index in [9.17, 15) is 0 Å². The number of rotatable bonds is 6. The van der Waals surface area contributed by atoms with Crippen LogP contribution in [0.2, 0.25) is 0 Å². The van der Waals surface area contributed by atoms with Gasteiger partial charge in [-0.2, -0.15) is 0 Å². The molecule has 19 heavy (non-hydrogen) atoms. The summed E-state index contributed by atoms with van der Waals surface area (Å²) in [6.07, 6.45) is 3.98. The molecule has 3 heteroatoms. The molecule has 0 aliphatic carbocycles. The van der Waals surface area contributed by atoms with Crippen LogP contribution >= 0.6 is 0 Å². The Morgan fingerprint density at radius 3 is 2.68 bits per heavy atom. The lowest BCUT2D eigenvalue weighted by molar-refractivity contribution is 0.171. The van der Waals surface area contributed by atoms with Gasteiger partial charge in [-0.05, 0) is 57.9 Å². The van der Waals surface area contributed by atoms with E-state index in [-0.39, 0.29) is 0 Å². The van der Waals surface area contributed by atoms with Crippen molar-refractivity contribution in [3.8, 4) is 5.75 Å². The molecule has 0 atom stereocenters. The van der Waals surface area contributed by atoms with Crippen LogP contribution in [0.1, 0.15) is 24.8 Å². The van der Waals surface area contributed by atoms with Gasteiger partial charge in [-0.3, -0.25) is 4.90 Å². The molecule has 1 aromatic carbocycles. The summed E-state index contributed by atoms with van der Waals surface area (Å²) in [5.41, 5.74) is 1.30. The van der Waals surface area contributed by atoms with Gasteiger partial charge in [0.25, 0.3) is 0 Å². The van der Waals surface area contributed by atoms with Crippen molar-refractivity contribution >= 4 is 0 Å². The van der Waals surface area contributed by atoms with Gasteiger partial charge >= 0.3 is 0 Å². The summed E-state index contributed by atoms with van der Waals surface area (Å²) in [6, 6.07) is 8.35. The maximum Gasteiger partial charge on any atom is 0.123 e. The summed E-state index contributed by atoms with van der Waals surface area (Å²) in [5.74, 6) is 1.92. The molecule has 1 aliphatic heterocycles. The van der Waals surface area contributed by atoms with Crippen molar-refractivity contribution in [1.29, 1.82) is 0 Å². The lowest BCUT2D eigenvalue weighted by Gasteiger charge is -2.32. The van der Waals surface area contributed by atoms with E-state index in [0.717, 1.165) is 24.8 Å². The number of para-hydroxylation sites is 1. The molecule has 0 unspecified atom stereocenters. The first-order valence-corrected chi connectivity index (χ1v) is 7.32. The fourth-order valence-electron chi connectivity index (χ4n) is 2.86. The second-order valence-electron chi connectivity index (χ2n) is 5.42. The third kappa shape index (κ3) is 4.22. The molecule has 0 spiro atoms. The first kappa shape index (κ1) is 14.4. The molecule has 106 valence electrons. The van der Waals surface area contributed by atoms with E-state index >= 15 is 0 Å². The van der Waals surface area contributed by atoms with Gasteiger partial charge in [-0.25, -0.2) is 0 Å². The van der Waals surface area contributed by atoms with Crippen LogP contribution in [0.25, 0.3) is 0 Å². The van der Waals surface area contributed by atoms with Crippen LogP contribution in [0.3, 0.4) is 0 Å². The zero-order chi connectivity index (χ0) is 13.5. The van der Waals surface area contributed by atoms with Crippen LogP contribution in [0.5, 0.6) is 5.75 Å². The number of hydrogen-bond acceptors (Lipinski definition) is 3. The van der Waals surface area contributed by atoms with E-state index in [1.807, 2.05) is 13.1 Å². The lowest BCUT2D eigenvalue weighted by atomic mass is 9.93. The van der Waals surface area contributed by atoms with Crippen molar-refractivity contribution in [3.63, 3.8) is 0 Å². The highest BCUT2D eigenvalue weighted by Crippen LogP contribution is 2.24. The largest absolute Gasteiger partial charge is 0.496 e. The maximum absolute atomic E-state index is 5.43. The van der Waals surface area contributed by atoms with Gasteiger partial charge in [0, 0.05) is 12.1 Å². The second kappa shape index (κ2) is 7.51. The predicted octanol–water partition coefficient (Wildman–Crippen LogP) is 2.52. The van der Waals surface area contributed by atoms with Crippen LogP contribution in [0.15, 0.2) is 24.3 Å². The van der Waals surface area contributed by atoms with Crippen LogP contribution in [0, 0.1) is 5.92 Å². The summed E-state index contributed by atoms with van der Waals surface area (Å²) in [4.78, 5) is 2.55. The number of hydrogen-bond donors (Lipinski definition) is 1. The minimum atomic E-state index is 0.904. The van der Waals surface area contributed by atoms with Crippen LogP contribution in [0.4, 0.5) is 0 Å². The van der Waals surface area contributed by atoms with Crippen molar-refractivity contribution in [1.82, 2.24) is 10.2 Å². The number of benzene rings is 1. The second-order valence-corrected chi connectivity index (χ2v) is 5.42. The molecule has 0 aromatic heterocycles. The third-order valence-corrected chi connectivity index (χ3v) is 4.10. The predicted molar refractivity (Wildman–Crippen MR) is 79.5 cm³/mol. The quantitative estimate of drug-likeness (QED) is 0.852. The summed E-state index contributed by atoms with van der Waals surface area (Å²) < 4.78 is 5.43. The van der Waals surface area contributed by atoms with Crippen molar-refractivity contribution in [2.75, 3.05) is 33.8 Å². The Labute approximate surface area is 116 Å². The number of nitrogens with one attached hydrogen (secondary N) is 1. The average Bonchev–Trinajstić information content (AvgIpc) is 2.47. The summed E-state index contributed by atoms with van der Waals surface area (Å²) >= 11 is 0. The Bertz CT molecular complexity index is 373. The van der Waals surface area contributed by atoms with Gasteiger partial charge in [0.2, 0.25) is 0 Å². The highest BCUT2D eigenvalue weighted by molar-refractivity contribution is 5.33. The van der Waals surface area contributed by atoms with E-state index in [0.29, 0.717) is 0 Å². The molecular formula is C16H26N2O.